The van der Waals surface area contributed by atoms with Crippen molar-refractivity contribution in [3.63, 3.8) is 0 Å². The van der Waals surface area contributed by atoms with Gasteiger partial charge in [-0.25, -0.2) is 4.98 Å². The zero-order valence-electron chi connectivity index (χ0n) is 12.4. The van der Waals surface area contributed by atoms with Crippen LogP contribution in [0.15, 0.2) is 18.5 Å². The van der Waals surface area contributed by atoms with Crippen LogP contribution in [0.4, 0.5) is 5.69 Å². The minimum atomic E-state index is 0.562. The number of nitrogens with one attached hydrogen (secondary N) is 1. The molecule has 2 aromatic heterocycles. The summed E-state index contributed by atoms with van der Waals surface area (Å²) in [6, 6.07) is 4.21. The third-order valence-electron chi connectivity index (χ3n) is 4.05. The van der Waals surface area contributed by atoms with Crippen LogP contribution in [0.3, 0.4) is 0 Å². The molecule has 0 spiro atoms. The van der Waals surface area contributed by atoms with Crippen LogP contribution in [-0.2, 0) is 13.0 Å². The topological polar surface area (TPSA) is 66.5 Å². The third-order valence-corrected chi connectivity index (χ3v) is 4.05. The van der Waals surface area contributed by atoms with Crippen molar-refractivity contribution in [1.82, 2.24) is 14.5 Å². The van der Waals surface area contributed by atoms with Gasteiger partial charge in [-0.15, -0.1) is 0 Å². The van der Waals surface area contributed by atoms with E-state index in [9.17, 15) is 5.26 Å². The highest BCUT2D eigenvalue weighted by atomic mass is 15.1. The van der Waals surface area contributed by atoms with Crippen LogP contribution >= 0.6 is 0 Å². The molecule has 0 aromatic carbocycles. The van der Waals surface area contributed by atoms with Gasteiger partial charge in [0.1, 0.15) is 11.9 Å². The van der Waals surface area contributed by atoms with Crippen molar-refractivity contribution in [2.45, 2.75) is 33.2 Å². The lowest BCUT2D eigenvalue weighted by molar-refractivity contribution is 0.381. The summed E-state index contributed by atoms with van der Waals surface area (Å²) in [5, 5.41) is 12.7. The summed E-state index contributed by atoms with van der Waals surface area (Å²) >= 11 is 0. The molecule has 0 aliphatic carbocycles. The molecule has 0 amide bonds. The Bertz CT molecular complexity index is 695. The molecule has 3 heterocycles. The monoisotopic (exact) mass is 281 g/mol. The standard InChI is InChI=1S/C16H19N5/c1-11-7-15(14(8-17)12(2)20-11)19-9-13-3-4-16-18-5-6-21(16)10-13/h5-7,13H,3-4,9-10H2,1-2H3,(H,19,20)/t13-/m1/s1. The lowest BCUT2D eigenvalue weighted by atomic mass is 9.99. The molecule has 0 radical (unpaired) electrons. The second-order valence-electron chi connectivity index (χ2n) is 5.66. The Kier molecular flexibility index (Phi) is 3.61. The van der Waals surface area contributed by atoms with E-state index in [2.05, 4.69) is 25.9 Å². The Hall–Kier alpha value is -2.35. The summed E-state index contributed by atoms with van der Waals surface area (Å²) in [6.45, 7) is 5.70. The number of imidazole rings is 1. The number of fused-ring (bicyclic) bond motifs is 1. The predicted octanol–water partition coefficient (Wildman–Crippen LogP) is 2.44. The van der Waals surface area contributed by atoms with Crippen LogP contribution < -0.4 is 5.32 Å². The van der Waals surface area contributed by atoms with E-state index < -0.39 is 0 Å². The normalized spacial score (nSPS) is 17.1. The molecule has 0 saturated heterocycles. The summed E-state index contributed by atoms with van der Waals surface area (Å²) in [7, 11) is 0. The van der Waals surface area contributed by atoms with Gasteiger partial charge in [-0.2, -0.15) is 5.26 Å². The van der Waals surface area contributed by atoms with Crippen molar-refractivity contribution >= 4 is 5.69 Å². The van der Waals surface area contributed by atoms with Crippen LogP contribution in [0, 0.1) is 31.1 Å². The first kappa shape index (κ1) is 13.6. The van der Waals surface area contributed by atoms with Gasteiger partial charge in [0.2, 0.25) is 0 Å². The Labute approximate surface area is 124 Å². The van der Waals surface area contributed by atoms with E-state index in [4.69, 9.17) is 0 Å². The molecule has 21 heavy (non-hydrogen) atoms. The van der Waals surface area contributed by atoms with Gasteiger partial charge in [0, 0.05) is 37.6 Å². The van der Waals surface area contributed by atoms with Gasteiger partial charge < -0.3 is 9.88 Å². The summed E-state index contributed by atoms with van der Waals surface area (Å²) in [4.78, 5) is 8.70. The van der Waals surface area contributed by atoms with Crippen molar-refractivity contribution in [2.75, 3.05) is 11.9 Å². The predicted molar refractivity (Wildman–Crippen MR) is 81.0 cm³/mol. The molecule has 5 heteroatoms. The van der Waals surface area contributed by atoms with Crippen molar-refractivity contribution < 1.29 is 0 Å². The number of rotatable bonds is 3. The number of hydrogen-bond donors (Lipinski definition) is 1. The van der Waals surface area contributed by atoms with E-state index in [1.807, 2.05) is 32.3 Å². The molecule has 1 N–H and O–H groups in total. The number of pyridine rings is 1. The Morgan fingerprint density at radius 2 is 2.33 bits per heavy atom. The third kappa shape index (κ3) is 2.75. The molecule has 1 aliphatic rings. The maximum atomic E-state index is 9.29. The largest absolute Gasteiger partial charge is 0.384 e. The number of hydrogen-bond acceptors (Lipinski definition) is 4. The minimum Gasteiger partial charge on any atom is -0.384 e. The fourth-order valence-corrected chi connectivity index (χ4v) is 2.97. The zero-order valence-corrected chi connectivity index (χ0v) is 12.4. The van der Waals surface area contributed by atoms with E-state index in [0.29, 0.717) is 11.5 Å². The van der Waals surface area contributed by atoms with E-state index in [1.165, 1.54) is 5.82 Å². The van der Waals surface area contributed by atoms with Crippen LogP contribution in [0.2, 0.25) is 0 Å². The van der Waals surface area contributed by atoms with Gasteiger partial charge in [0.15, 0.2) is 0 Å². The smallest absolute Gasteiger partial charge is 0.108 e. The number of nitrogens with zero attached hydrogens (tertiary/aromatic N) is 4. The Morgan fingerprint density at radius 1 is 1.48 bits per heavy atom. The highest BCUT2D eigenvalue weighted by Gasteiger charge is 2.19. The number of anilines is 1. The molecule has 0 fully saturated rings. The van der Waals surface area contributed by atoms with Gasteiger partial charge in [-0.1, -0.05) is 0 Å². The SMILES string of the molecule is Cc1cc(NC[C@H]2CCc3nccn3C2)c(C#N)c(C)n1. The van der Waals surface area contributed by atoms with Gasteiger partial charge in [-0.05, 0) is 32.3 Å². The van der Waals surface area contributed by atoms with Crippen LogP contribution in [0.1, 0.15) is 29.2 Å². The summed E-state index contributed by atoms with van der Waals surface area (Å²) in [6.07, 6.45) is 6.07. The molecule has 2 aromatic rings. The average molecular weight is 281 g/mol. The van der Waals surface area contributed by atoms with Crippen LogP contribution in [0.25, 0.3) is 0 Å². The van der Waals surface area contributed by atoms with E-state index in [0.717, 1.165) is 43.0 Å². The van der Waals surface area contributed by atoms with Gasteiger partial charge >= 0.3 is 0 Å². The average Bonchev–Trinajstić information content (AvgIpc) is 2.92. The molecular weight excluding hydrogens is 262 g/mol. The Morgan fingerprint density at radius 3 is 3.14 bits per heavy atom. The van der Waals surface area contributed by atoms with Gasteiger partial charge in [-0.3, -0.25) is 4.98 Å². The fourth-order valence-electron chi connectivity index (χ4n) is 2.97. The summed E-state index contributed by atoms with van der Waals surface area (Å²) in [5.74, 6) is 1.74. The van der Waals surface area contributed by atoms with Crippen molar-refractivity contribution in [2.24, 2.45) is 5.92 Å². The molecule has 0 saturated carbocycles. The summed E-state index contributed by atoms with van der Waals surface area (Å²) < 4.78 is 2.23. The van der Waals surface area contributed by atoms with Crippen molar-refractivity contribution in [1.29, 1.82) is 5.26 Å². The Balaban J connectivity index is 1.70. The van der Waals surface area contributed by atoms with Gasteiger partial charge in [0.25, 0.3) is 0 Å². The first-order valence-corrected chi connectivity index (χ1v) is 7.29. The van der Waals surface area contributed by atoms with Crippen molar-refractivity contribution in [3.05, 3.63) is 41.2 Å². The first-order chi connectivity index (χ1) is 10.2. The second kappa shape index (κ2) is 5.57. The van der Waals surface area contributed by atoms with E-state index >= 15 is 0 Å². The second-order valence-corrected chi connectivity index (χ2v) is 5.66. The first-order valence-electron chi connectivity index (χ1n) is 7.29. The minimum absolute atomic E-state index is 0.562. The molecule has 5 nitrogen and oxygen atoms in total. The van der Waals surface area contributed by atoms with Crippen LogP contribution in [0.5, 0.6) is 0 Å². The lowest BCUT2D eigenvalue weighted by Gasteiger charge is -2.24. The number of aromatic nitrogens is 3. The van der Waals surface area contributed by atoms with E-state index in [1.54, 1.807) is 0 Å². The lowest BCUT2D eigenvalue weighted by Crippen LogP contribution is -2.26. The molecule has 108 valence electrons. The highest BCUT2D eigenvalue weighted by Crippen LogP contribution is 2.22. The maximum Gasteiger partial charge on any atom is 0.108 e. The summed E-state index contributed by atoms with van der Waals surface area (Å²) in [5.41, 5.74) is 3.29. The molecule has 0 unspecified atom stereocenters. The van der Waals surface area contributed by atoms with E-state index in [-0.39, 0.29) is 0 Å². The van der Waals surface area contributed by atoms with Crippen LogP contribution in [-0.4, -0.2) is 21.1 Å². The molecule has 1 atom stereocenters. The quantitative estimate of drug-likeness (QED) is 0.938. The fraction of sp³-hybridized carbons (Fsp3) is 0.438. The van der Waals surface area contributed by atoms with Crippen molar-refractivity contribution in [3.8, 4) is 6.07 Å². The molecular formula is C16H19N5. The molecule has 3 rings (SSSR count). The maximum absolute atomic E-state index is 9.29. The highest BCUT2D eigenvalue weighted by molar-refractivity contribution is 5.59. The molecule has 1 aliphatic heterocycles. The molecule has 0 bridgehead atoms. The number of nitriles is 1. The van der Waals surface area contributed by atoms with Gasteiger partial charge in [0.05, 0.1) is 16.9 Å². The zero-order chi connectivity index (χ0) is 14.8. The number of aryl methyl sites for hydroxylation is 3.